The van der Waals surface area contributed by atoms with Crippen molar-refractivity contribution in [1.29, 1.82) is 0 Å². The van der Waals surface area contributed by atoms with Crippen LogP contribution >= 0.6 is 11.3 Å². The van der Waals surface area contributed by atoms with Crippen LogP contribution in [0, 0.1) is 0 Å². The highest BCUT2D eigenvalue weighted by Gasteiger charge is 2.54. The van der Waals surface area contributed by atoms with E-state index >= 15 is 0 Å². The van der Waals surface area contributed by atoms with E-state index in [1.165, 1.54) is 5.38 Å². The van der Waals surface area contributed by atoms with Crippen molar-refractivity contribution < 1.29 is 41.7 Å². The van der Waals surface area contributed by atoms with E-state index in [1.54, 1.807) is 0 Å². The fourth-order valence-electron chi connectivity index (χ4n) is 2.26. The van der Waals surface area contributed by atoms with Gasteiger partial charge in [-0.05, 0) is 0 Å². The van der Waals surface area contributed by atoms with Crippen LogP contribution in [0.2, 0.25) is 0 Å². The molecule has 2 rings (SSSR count). The number of hydrogen-bond acceptors (Lipinski definition) is 12. The molecule has 1 aliphatic heterocycles. The van der Waals surface area contributed by atoms with Crippen molar-refractivity contribution in [2.75, 3.05) is 18.9 Å². The summed E-state index contributed by atoms with van der Waals surface area (Å²) in [5.74, 6) is -3.20. The first-order valence-electron chi connectivity index (χ1n) is 7.65. The molecule has 4 amide bonds. The number of nitrogens with one attached hydrogen (secondary N) is 1. The molecule has 0 aromatic carbocycles. The number of β-lactam (4-membered cyclic amide) rings is 1. The maximum Gasteiger partial charge on any atom is 0.404 e. The number of hydrogen-bond donors (Lipinski definition) is 5. The number of carbonyl (C=O) groups is 4. The normalized spacial score (nSPS) is 19.0. The molecular formula is C12H15N7O9S2. The Hall–Kier alpha value is -3.51. The number of nitrogens with zero attached hydrogens (tertiary/aromatic N) is 3. The quantitative estimate of drug-likeness (QED) is 0.103. The van der Waals surface area contributed by atoms with Crippen LogP contribution in [0.4, 0.5) is 9.93 Å². The molecule has 0 bridgehead atoms. The van der Waals surface area contributed by atoms with E-state index in [2.05, 4.69) is 25.0 Å². The van der Waals surface area contributed by atoms with Crippen LogP contribution < -0.4 is 22.5 Å². The van der Waals surface area contributed by atoms with Crippen molar-refractivity contribution in [1.82, 2.24) is 14.6 Å². The number of anilines is 1. The second kappa shape index (κ2) is 8.88. The van der Waals surface area contributed by atoms with Crippen LogP contribution in [0.25, 0.3) is 0 Å². The van der Waals surface area contributed by atoms with Crippen LogP contribution in [-0.4, -0.2) is 77.1 Å². The number of oxime groups is 1. The minimum absolute atomic E-state index is 0.00210. The molecule has 0 unspecified atom stereocenters. The number of amides is 4. The highest BCUT2D eigenvalue weighted by atomic mass is 32.2. The van der Waals surface area contributed by atoms with Crippen LogP contribution in [-0.2, 0) is 34.3 Å². The molecule has 18 heteroatoms. The van der Waals surface area contributed by atoms with Crippen LogP contribution in [0.15, 0.2) is 10.5 Å². The third-order valence-electron chi connectivity index (χ3n) is 3.44. The molecule has 16 nitrogen and oxygen atoms in total. The average molecular weight is 465 g/mol. The Morgan fingerprint density at radius 1 is 1.37 bits per heavy atom. The molecule has 2 heterocycles. The molecule has 1 saturated heterocycles. The molecule has 8 N–H and O–H groups in total. The molecule has 0 saturated carbocycles. The molecule has 30 heavy (non-hydrogen) atoms. The molecule has 0 spiro atoms. The maximum absolute atomic E-state index is 12.6. The highest BCUT2D eigenvalue weighted by molar-refractivity contribution is 7.84. The van der Waals surface area contributed by atoms with Crippen molar-refractivity contribution >= 4 is 56.3 Å². The van der Waals surface area contributed by atoms with Crippen molar-refractivity contribution in [3.05, 3.63) is 11.1 Å². The predicted molar refractivity (Wildman–Crippen MR) is 97.9 cm³/mol. The van der Waals surface area contributed by atoms with Crippen molar-refractivity contribution in [2.45, 2.75) is 12.1 Å². The third-order valence-corrected chi connectivity index (χ3v) is 5.06. The molecule has 2 atom stereocenters. The summed E-state index contributed by atoms with van der Waals surface area (Å²) in [7, 11) is -5.01. The fraction of sp³-hybridized carbons (Fsp3) is 0.333. The van der Waals surface area contributed by atoms with Gasteiger partial charge in [-0.15, -0.1) is 11.3 Å². The van der Waals surface area contributed by atoms with Gasteiger partial charge in [0.15, 0.2) is 17.5 Å². The Bertz CT molecular complexity index is 1010. The van der Waals surface area contributed by atoms with E-state index < -0.39 is 65.1 Å². The Morgan fingerprint density at radius 3 is 2.53 bits per heavy atom. The second-order valence-electron chi connectivity index (χ2n) is 5.51. The number of rotatable bonds is 9. The van der Waals surface area contributed by atoms with E-state index in [9.17, 15) is 27.6 Å². The summed E-state index contributed by atoms with van der Waals surface area (Å²) >= 11 is 0.944. The van der Waals surface area contributed by atoms with E-state index in [0.29, 0.717) is 0 Å². The SMILES string of the molecule is NC(=O)CO/N=C(\C(=O)N[C@@H]1C(=O)N(S(=O)(=O)O)[C@@H]1COC(N)=O)c1csc(N)n1. The van der Waals surface area contributed by atoms with Crippen LogP contribution in [0.3, 0.4) is 0 Å². The number of primary amides is 2. The summed E-state index contributed by atoms with van der Waals surface area (Å²) in [5, 5.41) is 6.97. The van der Waals surface area contributed by atoms with E-state index in [1.807, 2.05) is 0 Å². The Balaban J connectivity index is 2.24. The molecular weight excluding hydrogens is 450 g/mol. The monoisotopic (exact) mass is 465 g/mol. The first-order valence-corrected chi connectivity index (χ1v) is 9.93. The summed E-state index contributed by atoms with van der Waals surface area (Å²) in [6, 6.07) is -3.03. The number of aromatic nitrogens is 1. The number of nitrogen functional groups attached to an aromatic ring is 1. The largest absolute Gasteiger partial charge is 0.447 e. The lowest BCUT2D eigenvalue weighted by Gasteiger charge is -2.43. The molecule has 0 radical (unpaired) electrons. The van der Waals surface area contributed by atoms with Crippen molar-refractivity contribution in [2.24, 2.45) is 16.6 Å². The standard InChI is InChI=1S/C12H15N7O9S2/c13-6(20)2-28-18-7(4-3-29-11(14)16-4)9(21)17-8-5(1-27-12(15)23)19(10(8)22)30(24,25)26/h3,5,8H,1-2H2,(H2,13,20)(H2,14,16)(H2,15,23)(H,17,21)(H,24,25,26)/b18-7-/t5-,8+/m1/s1. The third kappa shape index (κ3) is 5.30. The fourth-order valence-corrected chi connectivity index (χ4v) is 3.68. The topological polar surface area (TPSA) is 260 Å². The summed E-state index contributed by atoms with van der Waals surface area (Å²) in [5.41, 5.74) is 14.6. The van der Waals surface area contributed by atoms with E-state index in [4.69, 9.17) is 21.8 Å². The van der Waals surface area contributed by atoms with Gasteiger partial charge in [0.1, 0.15) is 24.4 Å². The zero-order chi connectivity index (χ0) is 22.6. The van der Waals surface area contributed by atoms with E-state index in [0.717, 1.165) is 11.3 Å². The average Bonchev–Trinajstić information content (AvgIpc) is 3.04. The van der Waals surface area contributed by atoms with Gasteiger partial charge >= 0.3 is 16.4 Å². The minimum Gasteiger partial charge on any atom is -0.447 e. The number of thiazole rings is 1. The van der Waals surface area contributed by atoms with Gasteiger partial charge < -0.3 is 32.1 Å². The minimum atomic E-state index is -5.01. The molecule has 1 aromatic heterocycles. The Kier molecular flexibility index (Phi) is 6.74. The maximum atomic E-state index is 12.6. The van der Waals surface area contributed by atoms with Gasteiger partial charge in [-0.1, -0.05) is 5.16 Å². The summed E-state index contributed by atoms with van der Waals surface area (Å²) in [6.45, 7) is -1.43. The zero-order valence-corrected chi connectivity index (χ0v) is 16.4. The molecule has 1 fully saturated rings. The summed E-state index contributed by atoms with van der Waals surface area (Å²) in [4.78, 5) is 54.7. The van der Waals surface area contributed by atoms with Gasteiger partial charge in [-0.25, -0.2) is 14.1 Å². The zero-order valence-electron chi connectivity index (χ0n) is 14.7. The Morgan fingerprint density at radius 2 is 2.03 bits per heavy atom. The first kappa shape index (κ1) is 22.8. The lowest BCUT2D eigenvalue weighted by molar-refractivity contribution is -0.146. The van der Waals surface area contributed by atoms with Crippen molar-refractivity contribution in [3.8, 4) is 0 Å². The smallest absolute Gasteiger partial charge is 0.404 e. The van der Waals surface area contributed by atoms with Gasteiger partial charge in [0.25, 0.3) is 17.7 Å². The van der Waals surface area contributed by atoms with Gasteiger partial charge in [-0.3, -0.25) is 18.9 Å². The molecule has 1 aromatic rings. The lowest BCUT2D eigenvalue weighted by Crippen LogP contribution is -2.73. The molecule has 1 aliphatic rings. The number of nitrogens with two attached hydrogens (primary N) is 3. The van der Waals surface area contributed by atoms with Gasteiger partial charge in [0.2, 0.25) is 0 Å². The summed E-state index contributed by atoms with van der Waals surface area (Å²) in [6.07, 6.45) is -1.28. The number of carbonyl (C=O) groups excluding carboxylic acids is 4. The van der Waals surface area contributed by atoms with Crippen molar-refractivity contribution in [3.63, 3.8) is 0 Å². The van der Waals surface area contributed by atoms with Gasteiger partial charge in [-0.2, -0.15) is 8.42 Å². The first-order chi connectivity index (χ1) is 13.9. The van der Waals surface area contributed by atoms with Gasteiger partial charge in [0.05, 0.1) is 0 Å². The summed E-state index contributed by atoms with van der Waals surface area (Å²) < 4.78 is 36.3. The van der Waals surface area contributed by atoms with Gasteiger partial charge in [0, 0.05) is 5.38 Å². The number of ether oxygens (including phenoxy) is 1. The lowest BCUT2D eigenvalue weighted by atomic mass is 9.99. The predicted octanol–water partition coefficient (Wildman–Crippen LogP) is -3.47. The van der Waals surface area contributed by atoms with E-state index in [-0.39, 0.29) is 15.1 Å². The second-order valence-corrected chi connectivity index (χ2v) is 7.69. The highest BCUT2D eigenvalue weighted by Crippen LogP contribution is 2.24. The van der Waals surface area contributed by atoms with Crippen LogP contribution in [0.5, 0.6) is 0 Å². The molecule has 0 aliphatic carbocycles. The van der Waals surface area contributed by atoms with Crippen LogP contribution in [0.1, 0.15) is 5.69 Å². The Labute approximate surface area is 171 Å². The molecule has 164 valence electrons.